The third-order valence-electron chi connectivity index (χ3n) is 1.60. The summed E-state index contributed by atoms with van der Waals surface area (Å²) in [5.74, 6) is -1.04. The first-order valence-corrected chi connectivity index (χ1v) is 5.50. The Bertz CT molecular complexity index is 381. The van der Waals surface area contributed by atoms with E-state index in [0.717, 1.165) is 0 Å². The van der Waals surface area contributed by atoms with Crippen LogP contribution < -0.4 is 5.32 Å². The van der Waals surface area contributed by atoms with Gasteiger partial charge in [-0.2, -0.15) is 11.8 Å². The average Bonchev–Trinajstić information content (AvgIpc) is 2.18. The molecule has 1 aromatic rings. The summed E-state index contributed by atoms with van der Waals surface area (Å²) in [6, 6.07) is 1.46. The van der Waals surface area contributed by atoms with Crippen molar-refractivity contribution in [1.29, 1.82) is 0 Å². The summed E-state index contributed by atoms with van der Waals surface area (Å²) in [6.45, 7) is 0. The highest BCUT2D eigenvalue weighted by atomic mass is 32.2. The molecule has 0 aliphatic rings. The monoisotopic (exact) mass is 226 g/mol. The Kier molecular flexibility index (Phi) is 4.11. The maximum absolute atomic E-state index is 11.2. The van der Waals surface area contributed by atoms with Gasteiger partial charge in [0.05, 0.1) is 11.4 Å². The van der Waals surface area contributed by atoms with Crippen LogP contribution in [0.4, 0.5) is 5.69 Å². The van der Waals surface area contributed by atoms with E-state index >= 15 is 0 Å². The molecule has 15 heavy (non-hydrogen) atoms. The number of hydrogen-bond donors (Lipinski definition) is 2. The minimum absolute atomic E-state index is 0.00745. The molecule has 5 nitrogen and oxygen atoms in total. The summed E-state index contributed by atoms with van der Waals surface area (Å²) in [5.41, 5.74) is 0.267. The Labute approximate surface area is 90.9 Å². The number of nitrogens with one attached hydrogen (secondary N) is 1. The van der Waals surface area contributed by atoms with Crippen LogP contribution in [0, 0.1) is 0 Å². The molecule has 0 atom stereocenters. The van der Waals surface area contributed by atoms with E-state index in [0.29, 0.717) is 5.75 Å². The molecular weight excluding hydrogens is 216 g/mol. The lowest BCUT2D eigenvalue weighted by molar-refractivity contribution is -0.113. The Morgan fingerprint density at radius 1 is 1.60 bits per heavy atom. The van der Waals surface area contributed by atoms with Gasteiger partial charge >= 0.3 is 5.97 Å². The Hall–Kier alpha value is -1.56. The van der Waals surface area contributed by atoms with E-state index in [2.05, 4.69) is 10.3 Å². The van der Waals surface area contributed by atoms with E-state index in [1.807, 2.05) is 0 Å². The van der Waals surface area contributed by atoms with Gasteiger partial charge < -0.3 is 10.4 Å². The molecule has 0 fully saturated rings. The number of amides is 1. The van der Waals surface area contributed by atoms with Gasteiger partial charge in [-0.15, -0.1) is 0 Å². The highest BCUT2D eigenvalue weighted by Crippen LogP contribution is 2.13. The third-order valence-corrected chi connectivity index (χ3v) is 2.15. The number of hydrogen-bond acceptors (Lipinski definition) is 4. The number of thioether (sulfide) groups is 1. The van der Waals surface area contributed by atoms with Crippen LogP contribution in [-0.2, 0) is 4.79 Å². The first-order chi connectivity index (χ1) is 7.15. The summed E-state index contributed by atoms with van der Waals surface area (Å²) in [4.78, 5) is 25.7. The number of nitrogens with zero attached hydrogens (tertiary/aromatic N) is 1. The fourth-order valence-electron chi connectivity index (χ4n) is 0.991. The first-order valence-electron chi connectivity index (χ1n) is 4.11. The van der Waals surface area contributed by atoms with Crippen molar-refractivity contribution in [2.45, 2.75) is 0 Å². The molecule has 1 aromatic heterocycles. The van der Waals surface area contributed by atoms with Crippen molar-refractivity contribution in [1.82, 2.24) is 4.98 Å². The van der Waals surface area contributed by atoms with Crippen LogP contribution in [0.3, 0.4) is 0 Å². The maximum Gasteiger partial charge on any atom is 0.339 e. The molecule has 1 rings (SSSR count). The normalized spacial score (nSPS) is 9.67. The van der Waals surface area contributed by atoms with Crippen molar-refractivity contribution in [3.05, 3.63) is 24.0 Å². The van der Waals surface area contributed by atoms with Gasteiger partial charge in [-0.05, 0) is 12.3 Å². The van der Waals surface area contributed by atoms with E-state index in [9.17, 15) is 9.59 Å². The molecular formula is C9H10N2O3S. The fraction of sp³-hybridized carbons (Fsp3) is 0.222. The third kappa shape index (κ3) is 3.25. The molecule has 0 aliphatic carbocycles. The molecule has 0 unspecified atom stereocenters. The fourth-order valence-corrected chi connectivity index (χ4v) is 1.33. The van der Waals surface area contributed by atoms with Gasteiger partial charge in [0.2, 0.25) is 5.91 Å². The number of aromatic nitrogens is 1. The van der Waals surface area contributed by atoms with Gasteiger partial charge in [-0.25, -0.2) is 4.79 Å². The van der Waals surface area contributed by atoms with E-state index in [1.165, 1.54) is 30.2 Å². The second kappa shape index (κ2) is 5.35. The van der Waals surface area contributed by atoms with Crippen LogP contribution in [0.15, 0.2) is 18.5 Å². The lowest BCUT2D eigenvalue weighted by Crippen LogP contribution is -2.16. The molecule has 0 bridgehead atoms. The van der Waals surface area contributed by atoms with Crippen LogP contribution in [0.2, 0.25) is 0 Å². The number of carbonyl (C=O) groups is 2. The van der Waals surface area contributed by atoms with Crippen LogP contribution in [0.1, 0.15) is 10.4 Å². The summed E-state index contributed by atoms with van der Waals surface area (Å²) in [7, 11) is 0. The van der Waals surface area contributed by atoms with Crippen molar-refractivity contribution >= 4 is 29.3 Å². The molecule has 0 aromatic carbocycles. The second-order valence-electron chi connectivity index (χ2n) is 2.71. The van der Waals surface area contributed by atoms with Gasteiger partial charge in [0.15, 0.2) is 0 Å². The number of rotatable bonds is 4. The van der Waals surface area contributed by atoms with Crippen molar-refractivity contribution in [3.63, 3.8) is 0 Å². The first kappa shape index (κ1) is 11.5. The number of aromatic carboxylic acids is 1. The van der Waals surface area contributed by atoms with Crippen molar-refractivity contribution in [3.8, 4) is 0 Å². The second-order valence-corrected chi connectivity index (χ2v) is 3.57. The van der Waals surface area contributed by atoms with Crippen LogP contribution in [-0.4, -0.2) is 34.0 Å². The number of pyridine rings is 1. The molecule has 2 N–H and O–H groups in total. The molecule has 0 saturated heterocycles. The predicted octanol–water partition coefficient (Wildman–Crippen LogP) is 1.08. The maximum atomic E-state index is 11.2. The molecule has 1 heterocycles. The number of carboxylic acid groups (broad SMARTS) is 1. The molecule has 0 radical (unpaired) electrons. The summed E-state index contributed by atoms with van der Waals surface area (Å²) >= 11 is 1.37. The Morgan fingerprint density at radius 3 is 2.93 bits per heavy atom. The summed E-state index contributed by atoms with van der Waals surface area (Å²) < 4.78 is 0. The highest BCUT2D eigenvalue weighted by Gasteiger charge is 2.11. The SMILES string of the molecule is CSCC(=O)Nc1ccncc1C(=O)O. The standard InChI is InChI=1S/C9H10N2O3S/c1-15-5-8(12)11-7-2-3-10-4-6(7)9(13)14/h2-4H,5H2,1H3,(H,13,14)(H,10,11,12). The Balaban J connectivity index is 2.84. The smallest absolute Gasteiger partial charge is 0.339 e. The van der Waals surface area contributed by atoms with Gasteiger partial charge in [-0.3, -0.25) is 9.78 Å². The molecule has 0 saturated carbocycles. The minimum atomic E-state index is -1.11. The summed E-state index contributed by atoms with van der Waals surface area (Å²) in [6.07, 6.45) is 4.43. The quantitative estimate of drug-likeness (QED) is 0.803. The molecule has 0 aliphatic heterocycles. The van der Waals surface area contributed by atoms with Crippen LogP contribution in [0.5, 0.6) is 0 Å². The number of anilines is 1. The Morgan fingerprint density at radius 2 is 2.33 bits per heavy atom. The predicted molar refractivity (Wildman–Crippen MR) is 58.2 cm³/mol. The topological polar surface area (TPSA) is 79.3 Å². The molecule has 6 heteroatoms. The molecule has 1 amide bonds. The van der Waals surface area contributed by atoms with Gasteiger partial charge in [0.25, 0.3) is 0 Å². The van der Waals surface area contributed by atoms with Gasteiger partial charge in [0, 0.05) is 12.4 Å². The summed E-state index contributed by atoms with van der Waals surface area (Å²) in [5, 5.41) is 11.3. The molecule has 80 valence electrons. The minimum Gasteiger partial charge on any atom is -0.478 e. The van der Waals surface area contributed by atoms with Crippen molar-refractivity contribution in [2.24, 2.45) is 0 Å². The zero-order valence-corrected chi connectivity index (χ0v) is 8.87. The highest BCUT2D eigenvalue weighted by molar-refractivity contribution is 7.99. The largest absolute Gasteiger partial charge is 0.478 e. The van der Waals surface area contributed by atoms with Crippen molar-refractivity contribution in [2.75, 3.05) is 17.3 Å². The lowest BCUT2D eigenvalue weighted by atomic mass is 10.2. The molecule has 0 spiro atoms. The van der Waals surface area contributed by atoms with E-state index in [4.69, 9.17) is 5.11 Å². The van der Waals surface area contributed by atoms with E-state index in [1.54, 1.807) is 6.26 Å². The van der Waals surface area contributed by atoms with E-state index < -0.39 is 5.97 Å². The zero-order valence-electron chi connectivity index (χ0n) is 8.06. The zero-order chi connectivity index (χ0) is 11.3. The number of carbonyl (C=O) groups excluding carboxylic acids is 1. The number of carboxylic acids is 1. The van der Waals surface area contributed by atoms with Crippen LogP contribution in [0.25, 0.3) is 0 Å². The van der Waals surface area contributed by atoms with Crippen LogP contribution >= 0.6 is 11.8 Å². The van der Waals surface area contributed by atoms with Crippen molar-refractivity contribution < 1.29 is 14.7 Å². The average molecular weight is 226 g/mol. The van der Waals surface area contributed by atoms with E-state index in [-0.39, 0.29) is 17.2 Å². The lowest BCUT2D eigenvalue weighted by Gasteiger charge is -2.06. The van der Waals surface area contributed by atoms with Gasteiger partial charge in [-0.1, -0.05) is 0 Å². The van der Waals surface area contributed by atoms with Gasteiger partial charge in [0.1, 0.15) is 5.56 Å².